The van der Waals surface area contributed by atoms with Crippen LogP contribution in [0.4, 0.5) is 0 Å². The molecule has 0 aliphatic heterocycles. The van der Waals surface area contributed by atoms with Gasteiger partial charge in [-0.3, -0.25) is 0 Å². The summed E-state index contributed by atoms with van der Waals surface area (Å²) < 4.78 is 0. The van der Waals surface area contributed by atoms with Gasteiger partial charge in [-0.25, -0.2) is 0 Å². The molecule has 1 atom stereocenters. The van der Waals surface area contributed by atoms with Crippen LogP contribution >= 0.6 is 15.9 Å². The Hall–Kier alpha value is 0.400. The standard InChI is InChI=1S/C13H26BrNO/c1-12(9-16)15(2)11-13(10-14)7-5-3-4-6-8-13/h12,16H,3-11H2,1-2H3. The predicted octanol–water partition coefficient (Wildman–Crippen LogP) is 3.03. The molecule has 0 saturated heterocycles. The Kier molecular flexibility index (Phi) is 6.30. The van der Waals surface area contributed by atoms with Crippen molar-refractivity contribution in [3.05, 3.63) is 0 Å². The first kappa shape index (κ1) is 14.5. The third kappa shape index (κ3) is 4.01. The maximum absolute atomic E-state index is 9.19. The number of aliphatic hydroxyl groups is 1. The summed E-state index contributed by atoms with van der Waals surface area (Å²) in [7, 11) is 2.14. The van der Waals surface area contributed by atoms with Gasteiger partial charge in [-0.2, -0.15) is 0 Å². The van der Waals surface area contributed by atoms with Crippen molar-refractivity contribution in [1.82, 2.24) is 4.90 Å². The second-order valence-corrected chi connectivity index (χ2v) is 6.06. The quantitative estimate of drug-likeness (QED) is 0.622. The van der Waals surface area contributed by atoms with Crippen molar-refractivity contribution in [2.45, 2.75) is 51.5 Å². The van der Waals surface area contributed by atoms with Gasteiger partial charge in [-0.1, -0.05) is 41.6 Å². The zero-order chi connectivity index (χ0) is 12.0. The minimum Gasteiger partial charge on any atom is -0.395 e. The van der Waals surface area contributed by atoms with Crippen molar-refractivity contribution < 1.29 is 5.11 Å². The lowest BCUT2D eigenvalue weighted by Crippen LogP contribution is -2.42. The van der Waals surface area contributed by atoms with E-state index in [1.165, 1.54) is 38.5 Å². The molecule has 2 nitrogen and oxygen atoms in total. The third-order valence-corrected chi connectivity index (χ3v) is 5.24. The van der Waals surface area contributed by atoms with E-state index in [0.717, 1.165) is 11.9 Å². The largest absolute Gasteiger partial charge is 0.395 e. The number of likely N-dealkylation sites (N-methyl/N-ethyl adjacent to an activating group) is 1. The Labute approximate surface area is 109 Å². The van der Waals surface area contributed by atoms with Crippen molar-refractivity contribution in [2.75, 3.05) is 25.5 Å². The number of halogens is 1. The molecule has 1 fully saturated rings. The molecule has 0 heterocycles. The number of alkyl halides is 1. The minimum atomic E-state index is 0.259. The molecule has 1 unspecified atom stereocenters. The first-order valence-corrected chi connectivity index (χ1v) is 7.63. The lowest BCUT2D eigenvalue weighted by molar-refractivity contribution is 0.105. The number of nitrogens with zero attached hydrogens (tertiary/aromatic N) is 1. The van der Waals surface area contributed by atoms with Gasteiger partial charge in [-0.15, -0.1) is 0 Å². The Bertz CT molecular complexity index is 190. The van der Waals surface area contributed by atoms with E-state index in [2.05, 4.69) is 34.8 Å². The molecule has 0 bridgehead atoms. The van der Waals surface area contributed by atoms with Crippen molar-refractivity contribution in [1.29, 1.82) is 0 Å². The minimum absolute atomic E-state index is 0.259. The first-order valence-electron chi connectivity index (χ1n) is 6.50. The molecular formula is C13H26BrNO. The van der Waals surface area contributed by atoms with Crippen molar-refractivity contribution in [3.63, 3.8) is 0 Å². The molecule has 0 spiro atoms. The highest BCUT2D eigenvalue weighted by atomic mass is 79.9. The lowest BCUT2D eigenvalue weighted by Gasteiger charge is -2.37. The van der Waals surface area contributed by atoms with Crippen LogP contribution in [0.1, 0.15) is 45.4 Å². The third-order valence-electron chi connectivity index (χ3n) is 4.05. The van der Waals surface area contributed by atoms with Crippen LogP contribution < -0.4 is 0 Å². The van der Waals surface area contributed by atoms with E-state index >= 15 is 0 Å². The van der Waals surface area contributed by atoms with Crippen molar-refractivity contribution >= 4 is 15.9 Å². The lowest BCUT2D eigenvalue weighted by atomic mass is 9.82. The van der Waals surface area contributed by atoms with Crippen LogP contribution in [0, 0.1) is 5.41 Å². The van der Waals surface area contributed by atoms with Crippen LogP contribution in [0.3, 0.4) is 0 Å². The Balaban J connectivity index is 2.57. The van der Waals surface area contributed by atoms with E-state index in [4.69, 9.17) is 0 Å². The van der Waals surface area contributed by atoms with Crippen LogP contribution in [0.15, 0.2) is 0 Å². The molecule has 1 saturated carbocycles. The normalized spacial score (nSPS) is 23.1. The van der Waals surface area contributed by atoms with Gasteiger partial charge in [0, 0.05) is 17.9 Å². The maximum Gasteiger partial charge on any atom is 0.0584 e. The van der Waals surface area contributed by atoms with E-state index < -0.39 is 0 Å². The predicted molar refractivity (Wildman–Crippen MR) is 73.1 cm³/mol. The smallest absolute Gasteiger partial charge is 0.0584 e. The highest BCUT2D eigenvalue weighted by molar-refractivity contribution is 9.09. The SMILES string of the molecule is CC(CO)N(C)CC1(CBr)CCCCCC1. The summed E-state index contributed by atoms with van der Waals surface area (Å²) in [6.45, 7) is 3.47. The molecule has 16 heavy (non-hydrogen) atoms. The molecule has 1 N–H and O–H groups in total. The molecular weight excluding hydrogens is 266 g/mol. The van der Waals surface area contributed by atoms with E-state index in [9.17, 15) is 5.11 Å². The fourth-order valence-electron chi connectivity index (χ4n) is 2.64. The van der Waals surface area contributed by atoms with Crippen LogP contribution in [-0.4, -0.2) is 41.6 Å². The van der Waals surface area contributed by atoms with Gasteiger partial charge < -0.3 is 10.0 Å². The molecule has 3 heteroatoms. The highest BCUT2D eigenvalue weighted by Gasteiger charge is 2.31. The van der Waals surface area contributed by atoms with Gasteiger partial charge in [0.1, 0.15) is 0 Å². The Morgan fingerprint density at radius 1 is 1.25 bits per heavy atom. The fourth-order valence-corrected chi connectivity index (χ4v) is 3.37. The number of hydrogen-bond acceptors (Lipinski definition) is 2. The van der Waals surface area contributed by atoms with E-state index in [1.54, 1.807) is 0 Å². The van der Waals surface area contributed by atoms with E-state index in [-0.39, 0.29) is 12.6 Å². The topological polar surface area (TPSA) is 23.5 Å². The summed E-state index contributed by atoms with van der Waals surface area (Å²) in [5.41, 5.74) is 0.439. The average Bonchev–Trinajstić information content (AvgIpc) is 2.54. The van der Waals surface area contributed by atoms with Gasteiger partial charge in [0.25, 0.3) is 0 Å². The molecule has 0 aromatic carbocycles. The molecule has 0 radical (unpaired) electrons. The van der Waals surface area contributed by atoms with Crippen LogP contribution in [0.5, 0.6) is 0 Å². The first-order chi connectivity index (χ1) is 7.63. The Morgan fingerprint density at radius 3 is 2.25 bits per heavy atom. The van der Waals surface area contributed by atoms with Crippen LogP contribution in [-0.2, 0) is 0 Å². The van der Waals surface area contributed by atoms with Gasteiger partial charge in [0.2, 0.25) is 0 Å². The average molecular weight is 292 g/mol. The van der Waals surface area contributed by atoms with Gasteiger partial charge in [0.05, 0.1) is 6.61 Å². The van der Waals surface area contributed by atoms with Gasteiger partial charge in [-0.05, 0) is 32.2 Å². The maximum atomic E-state index is 9.19. The van der Waals surface area contributed by atoms with Crippen molar-refractivity contribution in [3.8, 4) is 0 Å². The van der Waals surface area contributed by atoms with Crippen LogP contribution in [0.2, 0.25) is 0 Å². The fraction of sp³-hybridized carbons (Fsp3) is 1.00. The molecule has 0 aromatic rings. The summed E-state index contributed by atoms with van der Waals surface area (Å²) in [6, 6.07) is 0.277. The zero-order valence-corrected chi connectivity index (χ0v) is 12.3. The number of aliphatic hydroxyl groups excluding tert-OH is 1. The molecule has 1 aliphatic rings. The summed E-state index contributed by atoms with van der Waals surface area (Å²) in [6.07, 6.45) is 8.20. The monoisotopic (exact) mass is 291 g/mol. The second kappa shape index (κ2) is 6.97. The summed E-state index contributed by atoms with van der Waals surface area (Å²) >= 11 is 3.71. The highest BCUT2D eigenvalue weighted by Crippen LogP contribution is 2.37. The molecule has 0 amide bonds. The van der Waals surface area contributed by atoms with Crippen molar-refractivity contribution in [2.24, 2.45) is 5.41 Å². The molecule has 96 valence electrons. The van der Waals surface area contributed by atoms with E-state index in [1.807, 2.05) is 0 Å². The molecule has 0 aromatic heterocycles. The number of hydrogen-bond donors (Lipinski definition) is 1. The van der Waals surface area contributed by atoms with Crippen LogP contribution in [0.25, 0.3) is 0 Å². The molecule has 1 rings (SSSR count). The van der Waals surface area contributed by atoms with Gasteiger partial charge >= 0.3 is 0 Å². The van der Waals surface area contributed by atoms with Gasteiger partial charge in [0.15, 0.2) is 0 Å². The molecule has 1 aliphatic carbocycles. The summed E-state index contributed by atoms with van der Waals surface area (Å²) in [5, 5.41) is 10.3. The van der Waals surface area contributed by atoms with E-state index in [0.29, 0.717) is 5.41 Å². The zero-order valence-electron chi connectivity index (χ0n) is 10.7. The Morgan fingerprint density at radius 2 is 1.81 bits per heavy atom. The number of rotatable bonds is 5. The second-order valence-electron chi connectivity index (χ2n) is 5.49. The summed E-state index contributed by atoms with van der Waals surface area (Å²) in [4.78, 5) is 2.31. The summed E-state index contributed by atoms with van der Waals surface area (Å²) in [5.74, 6) is 0.